The van der Waals surface area contributed by atoms with Gasteiger partial charge in [0.05, 0.1) is 10.2 Å². The van der Waals surface area contributed by atoms with E-state index >= 15 is 0 Å². The average molecular weight is 471 g/mol. The summed E-state index contributed by atoms with van der Waals surface area (Å²) >= 11 is 1.65. The molecule has 1 amide bonds. The Morgan fingerprint density at radius 1 is 1.03 bits per heavy atom. The van der Waals surface area contributed by atoms with Crippen molar-refractivity contribution in [2.24, 2.45) is 0 Å². The summed E-state index contributed by atoms with van der Waals surface area (Å²) in [5, 5.41) is 4.64. The van der Waals surface area contributed by atoms with Crippen molar-refractivity contribution in [3.05, 3.63) is 88.3 Å². The number of anilines is 1. The largest absolute Gasteiger partial charge is 0.481 e. The number of aromatic nitrogens is 1. The lowest BCUT2D eigenvalue weighted by Gasteiger charge is -2.15. The van der Waals surface area contributed by atoms with Gasteiger partial charge in [0.2, 0.25) is 0 Å². The Morgan fingerprint density at radius 2 is 1.82 bits per heavy atom. The fourth-order valence-corrected chi connectivity index (χ4v) is 4.80. The van der Waals surface area contributed by atoms with Crippen LogP contribution in [0.25, 0.3) is 31.8 Å². The predicted molar refractivity (Wildman–Crippen MR) is 136 cm³/mol. The SMILES string of the molecule is Cc1ccc2nc(-c3ccc(NC(=O)[C@@H](C)Oc4ccc5c(C)cc(=O)oc5c4)cc3)sc2c1. The molecule has 0 saturated carbocycles. The number of benzene rings is 3. The van der Waals surface area contributed by atoms with Crippen molar-refractivity contribution in [1.82, 2.24) is 4.98 Å². The molecule has 3 aromatic carbocycles. The van der Waals surface area contributed by atoms with Gasteiger partial charge in [0.25, 0.3) is 5.91 Å². The molecule has 0 aliphatic heterocycles. The van der Waals surface area contributed by atoms with E-state index in [0.717, 1.165) is 31.7 Å². The van der Waals surface area contributed by atoms with E-state index in [-0.39, 0.29) is 5.91 Å². The van der Waals surface area contributed by atoms with Crippen LogP contribution in [0.3, 0.4) is 0 Å². The molecule has 0 aliphatic rings. The van der Waals surface area contributed by atoms with E-state index in [1.807, 2.05) is 43.3 Å². The number of aryl methyl sites for hydroxylation is 2. The Morgan fingerprint density at radius 3 is 2.62 bits per heavy atom. The summed E-state index contributed by atoms with van der Waals surface area (Å²) in [4.78, 5) is 29.0. The number of amides is 1. The van der Waals surface area contributed by atoms with Gasteiger partial charge in [0.1, 0.15) is 16.3 Å². The van der Waals surface area contributed by atoms with Crippen LogP contribution < -0.4 is 15.7 Å². The van der Waals surface area contributed by atoms with Gasteiger partial charge >= 0.3 is 5.63 Å². The minimum Gasteiger partial charge on any atom is -0.481 e. The Labute approximate surface area is 199 Å². The van der Waals surface area contributed by atoms with Crippen LogP contribution in [0.15, 0.2) is 75.9 Å². The third-order valence-electron chi connectivity index (χ3n) is 5.55. The molecule has 0 radical (unpaired) electrons. The molecule has 0 aliphatic carbocycles. The van der Waals surface area contributed by atoms with E-state index in [4.69, 9.17) is 14.1 Å². The van der Waals surface area contributed by atoms with E-state index in [1.165, 1.54) is 11.6 Å². The molecule has 5 aromatic rings. The highest BCUT2D eigenvalue weighted by Gasteiger charge is 2.16. The molecule has 0 spiro atoms. The summed E-state index contributed by atoms with van der Waals surface area (Å²) in [5.41, 5.74) is 4.69. The molecule has 1 N–H and O–H groups in total. The summed E-state index contributed by atoms with van der Waals surface area (Å²) in [6, 6.07) is 20.5. The standard InChI is InChI=1S/C27H22N2O4S/c1-15-4-11-22-24(12-15)34-27(29-22)18-5-7-19(8-6-18)28-26(31)17(3)32-20-9-10-21-16(2)13-25(30)33-23(21)14-20/h4-14,17H,1-3H3,(H,28,31)/t17-/m1/s1. The van der Waals surface area contributed by atoms with Gasteiger partial charge in [-0.05, 0) is 80.4 Å². The van der Waals surface area contributed by atoms with Crippen molar-refractivity contribution < 1.29 is 13.9 Å². The summed E-state index contributed by atoms with van der Waals surface area (Å²) in [6.45, 7) is 5.59. The predicted octanol–water partition coefficient (Wildman–Crippen LogP) is 6.09. The van der Waals surface area contributed by atoms with Gasteiger partial charge in [0.15, 0.2) is 6.10 Å². The number of thiazole rings is 1. The molecule has 2 heterocycles. The Hall–Kier alpha value is -3.97. The maximum Gasteiger partial charge on any atom is 0.336 e. The van der Waals surface area contributed by atoms with Gasteiger partial charge in [-0.25, -0.2) is 9.78 Å². The Bertz CT molecular complexity index is 1580. The van der Waals surface area contributed by atoms with Crippen LogP contribution in [0, 0.1) is 13.8 Å². The molecule has 0 unspecified atom stereocenters. The van der Waals surface area contributed by atoms with Gasteiger partial charge < -0.3 is 14.5 Å². The topological polar surface area (TPSA) is 81.4 Å². The highest BCUT2D eigenvalue weighted by molar-refractivity contribution is 7.21. The Balaban J connectivity index is 1.27. The molecular weight excluding hydrogens is 448 g/mol. The van der Waals surface area contributed by atoms with Crippen LogP contribution in [0.4, 0.5) is 5.69 Å². The number of carbonyl (C=O) groups is 1. The number of fused-ring (bicyclic) bond motifs is 2. The van der Waals surface area contributed by atoms with Gasteiger partial charge in [-0.1, -0.05) is 6.07 Å². The molecule has 2 aromatic heterocycles. The monoisotopic (exact) mass is 470 g/mol. The number of nitrogens with one attached hydrogen (secondary N) is 1. The molecule has 0 saturated heterocycles. The highest BCUT2D eigenvalue weighted by atomic mass is 32.1. The first-order valence-corrected chi connectivity index (χ1v) is 11.7. The van der Waals surface area contributed by atoms with Crippen molar-refractivity contribution in [2.45, 2.75) is 26.9 Å². The van der Waals surface area contributed by atoms with Crippen LogP contribution in [-0.2, 0) is 4.79 Å². The second-order valence-electron chi connectivity index (χ2n) is 8.22. The van der Waals surface area contributed by atoms with E-state index in [9.17, 15) is 9.59 Å². The van der Waals surface area contributed by atoms with E-state index in [2.05, 4.69) is 24.4 Å². The number of carbonyl (C=O) groups excluding carboxylic acids is 1. The summed E-state index contributed by atoms with van der Waals surface area (Å²) in [6.07, 6.45) is -0.749. The molecule has 7 heteroatoms. The second kappa shape index (κ2) is 8.76. The lowest BCUT2D eigenvalue weighted by atomic mass is 10.1. The number of ether oxygens (including phenoxy) is 1. The Kier molecular flexibility index (Phi) is 5.63. The van der Waals surface area contributed by atoms with E-state index in [0.29, 0.717) is 17.0 Å². The van der Waals surface area contributed by atoms with Crippen LogP contribution >= 0.6 is 11.3 Å². The first-order chi connectivity index (χ1) is 16.4. The third kappa shape index (κ3) is 4.43. The van der Waals surface area contributed by atoms with Gasteiger partial charge in [-0.2, -0.15) is 0 Å². The lowest BCUT2D eigenvalue weighted by Crippen LogP contribution is -2.30. The number of rotatable bonds is 5. The first-order valence-electron chi connectivity index (χ1n) is 10.9. The minimum atomic E-state index is -0.749. The van der Waals surface area contributed by atoms with Crippen LogP contribution in [0.5, 0.6) is 5.75 Å². The maximum absolute atomic E-state index is 12.7. The third-order valence-corrected chi connectivity index (χ3v) is 6.62. The zero-order valence-electron chi connectivity index (χ0n) is 18.9. The van der Waals surface area contributed by atoms with E-state index < -0.39 is 11.7 Å². The molecule has 34 heavy (non-hydrogen) atoms. The normalized spacial score (nSPS) is 12.1. The fourth-order valence-electron chi connectivity index (χ4n) is 3.73. The number of hydrogen-bond donors (Lipinski definition) is 1. The van der Waals surface area contributed by atoms with Crippen LogP contribution in [0.1, 0.15) is 18.1 Å². The molecule has 0 bridgehead atoms. The lowest BCUT2D eigenvalue weighted by molar-refractivity contribution is -0.122. The number of nitrogens with zero attached hydrogens (tertiary/aromatic N) is 1. The van der Waals surface area contributed by atoms with Crippen LogP contribution in [0.2, 0.25) is 0 Å². The van der Waals surface area contributed by atoms with Crippen LogP contribution in [-0.4, -0.2) is 17.0 Å². The molecule has 0 fully saturated rings. The van der Waals surface area contributed by atoms with Crippen molar-refractivity contribution >= 4 is 44.1 Å². The smallest absolute Gasteiger partial charge is 0.336 e. The zero-order valence-corrected chi connectivity index (χ0v) is 19.7. The van der Waals surface area contributed by atoms with E-state index in [1.54, 1.807) is 30.4 Å². The quantitative estimate of drug-likeness (QED) is 0.314. The summed E-state index contributed by atoms with van der Waals surface area (Å²) in [7, 11) is 0. The van der Waals surface area contributed by atoms with Gasteiger partial charge in [-0.3, -0.25) is 4.79 Å². The summed E-state index contributed by atoms with van der Waals surface area (Å²) < 4.78 is 12.2. The van der Waals surface area contributed by atoms with Crippen molar-refractivity contribution in [3.63, 3.8) is 0 Å². The zero-order chi connectivity index (χ0) is 23.8. The van der Waals surface area contributed by atoms with Crippen molar-refractivity contribution in [2.75, 3.05) is 5.32 Å². The van der Waals surface area contributed by atoms with Crippen molar-refractivity contribution in [3.8, 4) is 16.3 Å². The highest BCUT2D eigenvalue weighted by Crippen LogP contribution is 2.31. The molecule has 5 rings (SSSR count). The van der Waals surface area contributed by atoms with Gasteiger partial charge in [0, 0.05) is 28.8 Å². The average Bonchev–Trinajstić information content (AvgIpc) is 3.22. The minimum absolute atomic E-state index is 0.283. The first kappa shape index (κ1) is 21.9. The molecule has 1 atom stereocenters. The van der Waals surface area contributed by atoms with Crippen molar-refractivity contribution in [1.29, 1.82) is 0 Å². The molecule has 170 valence electrons. The maximum atomic E-state index is 12.7. The summed E-state index contributed by atoms with van der Waals surface area (Å²) in [5.74, 6) is 0.166. The van der Waals surface area contributed by atoms with Gasteiger partial charge in [-0.15, -0.1) is 11.3 Å². The number of hydrogen-bond acceptors (Lipinski definition) is 6. The molecular formula is C27H22N2O4S. The fraction of sp³-hybridized carbons (Fsp3) is 0.148. The molecule has 6 nitrogen and oxygen atoms in total. The second-order valence-corrected chi connectivity index (χ2v) is 9.25.